The van der Waals surface area contributed by atoms with Crippen LogP contribution < -0.4 is 4.90 Å². The van der Waals surface area contributed by atoms with Gasteiger partial charge in [0.2, 0.25) is 0 Å². The Balaban J connectivity index is 0.00000256. The van der Waals surface area contributed by atoms with Crippen molar-refractivity contribution >= 4 is 50.7 Å². The molecule has 1 amide bonds. The highest BCUT2D eigenvalue weighted by Gasteiger charge is 2.24. The van der Waals surface area contributed by atoms with Gasteiger partial charge in [0.05, 0.1) is 28.4 Å². The number of nitro benzene ring substituents is 1. The number of fused-ring (bicyclic) bond motifs is 1. The Morgan fingerprint density at radius 1 is 1.20 bits per heavy atom. The van der Waals surface area contributed by atoms with Crippen LogP contribution in [-0.2, 0) is 4.74 Å². The maximum Gasteiger partial charge on any atom is 0.270 e. The van der Waals surface area contributed by atoms with Crippen molar-refractivity contribution in [2.75, 3.05) is 44.3 Å². The minimum absolute atomic E-state index is 0. The van der Waals surface area contributed by atoms with Crippen LogP contribution in [0.15, 0.2) is 48.5 Å². The molecule has 4 rings (SSSR count). The van der Waals surface area contributed by atoms with Crippen molar-refractivity contribution in [3.63, 3.8) is 0 Å². The maximum atomic E-state index is 13.3. The first-order chi connectivity index (χ1) is 14.1. The fourth-order valence-corrected chi connectivity index (χ4v) is 4.22. The lowest BCUT2D eigenvalue weighted by molar-refractivity contribution is -0.384. The molecule has 0 spiro atoms. The van der Waals surface area contributed by atoms with Gasteiger partial charge in [0.25, 0.3) is 11.6 Å². The van der Waals surface area contributed by atoms with Crippen molar-refractivity contribution in [1.29, 1.82) is 0 Å². The van der Waals surface area contributed by atoms with Crippen molar-refractivity contribution in [3.05, 3.63) is 64.2 Å². The van der Waals surface area contributed by atoms with Crippen molar-refractivity contribution in [1.82, 2.24) is 9.88 Å². The summed E-state index contributed by atoms with van der Waals surface area (Å²) in [5.74, 6) is -0.291. The molecule has 1 saturated heterocycles. The number of aromatic nitrogens is 1. The van der Waals surface area contributed by atoms with Gasteiger partial charge in [-0.3, -0.25) is 24.7 Å². The smallest absolute Gasteiger partial charge is 0.270 e. The molecule has 0 unspecified atom stereocenters. The van der Waals surface area contributed by atoms with Crippen molar-refractivity contribution in [2.24, 2.45) is 0 Å². The first-order valence-corrected chi connectivity index (χ1v) is 10.2. The lowest BCUT2D eigenvalue weighted by Gasteiger charge is -2.29. The molecule has 10 heteroatoms. The van der Waals surface area contributed by atoms with Gasteiger partial charge in [0.1, 0.15) is 0 Å². The van der Waals surface area contributed by atoms with Crippen LogP contribution in [0.1, 0.15) is 10.4 Å². The molecular formula is C20H21ClN4O4S. The predicted octanol–water partition coefficient (Wildman–Crippen LogP) is 3.61. The van der Waals surface area contributed by atoms with Crippen molar-refractivity contribution in [3.8, 4) is 0 Å². The first-order valence-electron chi connectivity index (χ1n) is 9.34. The Morgan fingerprint density at radius 2 is 1.97 bits per heavy atom. The molecule has 1 aliphatic heterocycles. The summed E-state index contributed by atoms with van der Waals surface area (Å²) in [5.41, 5.74) is 1.00. The third-order valence-electron chi connectivity index (χ3n) is 4.81. The average molecular weight is 449 g/mol. The molecule has 0 N–H and O–H groups in total. The van der Waals surface area contributed by atoms with Crippen LogP contribution in [-0.4, -0.2) is 60.1 Å². The molecule has 2 aromatic carbocycles. The number of amides is 1. The molecule has 158 valence electrons. The molecule has 0 atom stereocenters. The largest absolute Gasteiger partial charge is 0.379 e. The molecule has 3 aromatic rings. The summed E-state index contributed by atoms with van der Waals surface area (Å²) in [4.78, 5) is 32.4. The minimum atomic E-state index is -0.494. The van der Waals surface area contributed by atoms with Gasteiger partial charge in [-0.1, -0.05) is 29.5 Å². The fraction of sp³-hybridized carbons (Fsp3) is 0.300. The number of halogens is 1. The number of anilines is 1. The van der Waals surface area contributed by atoms with Gasteiger partial charge < -0.3 is 4.74 Å². The van der Waals surface area contributed by atoms with E-state index in [2.05, 4.69) is 9.88 Å². The number of rotatable bonds is 6. The Bertz CT molecular complexity index is 1010. The van der Waals surface area contributed by atoms with Crippen molar-refractivity contribution in [2.45, 2.75) is 0 Å². The minimum Gasteiger partial charge on any atom is -0.379 e. The Kier molecular flexibility index (Phi) is 7.33. The first kappa shape index (κ1) is 22.1. The van der Waals surface area contributed by atoms with Gasteiger partial charge >= 0.3 is 0 Å². The number of morpholine rings is 1. The highest BCUT2D eigenvalue weighted by atomic mass is 35.5. The number of thiazole rings is 1. The quantitative estimate of drug-likeness (QED) is 0.423. The van der Waals surface area contributed by atoms with E-state index in [1.54, 1.807) is 11.0 Å². The molecule has 30 heavy (non-hydrogen) atoms. The second kappa shape index (κ2) is 9.94. The zero-order valence-corrected chi connectivity index (χ0v) is 17.7. The summed E-state index contributed by atoms with van der Waals surface area (Å²) < 4.78 is 6.38. The van der Waals surface area contributed by atoms with E-state index in [4.69, 9.17) is 4.74 Å². The molecule has 2 heterocycles. The van der Waals surface area contributed by atoms with Gasteiger partial charge in [-0.05, 0) is 18.2 Å². The maximum absolute atomic E-state index is 13.3. The standard InChI is InChI=1S/C20H20N4O4S.ClH/c25-19(15-4-3-5-16(14-15)24(26)27)23(9-8-22-10-12-28-13-11-22)20-21-17-6-1-2-7-18(17)29-20;/h1-7,14H,8-13H2;1H. The predicted molar refractivity (Wildman–Crippen MR) is 119 cm³/mol. The van der Waals surface area contributed by atoms with E-state index < -0.39 is 4.92 Å². The van der Waals surface area contributed by atoms with Gasteiger partial charge in [0, 0.05) is 43.9 Å². The van der Waals surface area contributed by atoms with E-state index in [0.717, 1.165) is 23.3 Å². The normalized spacial score (nSPS) is 14.3. The molecule has 0 aliphatic carbocycles. The van der Waals surface area contributed by atoms with E-state index in [1.165, 1.54) is 29.5 Å². The molecule has 8 nitrogen and oxygen atoms in total. The van der Waals surface area contributed by atoms with E-state index in [9.17, 15) is 14.9 Å². The SMILES string of the molecule is Cl.O=C(c1cccc([N+](=O)[O-])c1)N(CCN1CCOCC1)c1nc2ccccc2s1. The van der Waals surface area contributed by atoms with Crippen LogP contribution in [0.4, 0.5) is 10.8 Å². The fourth-order valence-electron chi connectivity index (χ4n) is 3.23. The molecule has 1 aliphatic rings. The molecule has 0 bridgehead atoms. The Labute approximate surface area is 183 Å². The molecule has 0 radical (unpaired) electrons. The Morgan fingerprint density at radius 3 is 2.70 bits per heavy atom. The number of benzene rings is 2. The third-order valence-corrected chi connectivity index (χ3v) is 5.87. The summed E-state index contributed by atoms with van der Waals surface area (Å²) in [7, 11) is 0. The second-order valence-corrected chi connectivity index (χ2v) is 7.69. The van der Waals surface area contributed by atoms with Gasteiger partial charge in [-0.15, -0.1) is 12.4 Å². The summed E-state index contributed by atoms with van der Waals surface area (Å²) in [5, 5.41) is 11.7. The zero-order chi connectivity index (χ0) is 20.2. The topological polar surface area (TPSA) is 88.8 Å². The lowest BCUT2D eigenvalue weighted by Crippen LogP contribution is -2.43. The average Bonchev–Trinajstić information content (AvgIpc) is 3.18. The van der Waals surface area contributed by atoms with E-state index >= 15 is 0 Å². The highest BCUT2D eigenvalue weighted by molar-refractivity contribution is 7.22. The van der Waals surface area contributed by atoms with E-state index in [0.29, 0.717) is 31.4 Å². The van der Waals surface area contributed by atoms with Crippen LogP contribution in [0, 0.1) is 10.1 Å². The molecule has 1 fully saturated rings. The Hall–Kier alpha value is -2.59. The van der Waals surface area contributed by atoms with Crippen molar-refractivity contribution < 1.29 is 14.5 Å². The van der Waals surface area contributed by atoms with Crippen LogP contribution in [0.5, 0.6) is 0 Å². The highest BCUT2D eigenvalue weighted by Crippen LogP contribution is 2.30. The third kappa shape index (κ3) is 4.93. The summed E-state index contributed by atoms with van der Waals surface area (Å²) in [6.07, 6.45) is 0. The summed E-state index contributed by atoms with van der Waals surface area (Å²) >= 11 is 1.44. The lowest BCUT2D eigenvalue weighted by atomic mass is 10.2. The van der Waals surface area contributed by atoms with Crippen LogP contribution >= 0.6 is 23.7 Å². The monoisotopic (exact) mass is 448 g/mol. The number of para-hydroxylation sites is 1. The van der Waals surface area contributed by atoms with Crippen LogP contribution in [0.2, 0.25) is 0 Å². The van der Waals surface area contributed by atoms with E-state index in [-0.39, 0.29) is 29.6 Å². The molecule has 1 aromatic heterocycles. The number of ether oxygens (including phenoxy) is 1. The number of hydrogen-bond donors (Lipinski definition) is 0. The number of nitrogens with zero attached hydrogens (tertiary/aromatic N) is 4. The summed E-state index contributed by atoms with van der Waals surface area (Å²) in [6, 6.07) is 13.6. The van der Waals surface area contributed by atoms with Crippen LogP contribution in [0.25, 0.3) is 10.2 Å². The van der Waals surface area contributed by atoms with Gasteiger partial charge in [0.15, 0.2) is 5.13 Å². The van der Waals surface area contributed by atoms with Crippen LogP contribution in [0.3, 0.4) is 0 Å². The summed E-state index contributed by atoms with van der Waals surface area (Å²) in [6.45, 7) is 4.12. The number of nitro groups is 1. The van der Waals surface area contributed by atoms with Gasteiger partial charge in [-0.2, -0.15) is 0 Å². The molecule has 0 saturated carbocycles. The number of carbonyl (C=O) groups excluding carboxylic acids is 1. The number of hydrogen-bond acceptors (Lipinski definition) is 7. The number of carbonyl (C=O) groups is 1. The number of non-ortho nitro benzene ring substituents is 1. The van der Waals surface area contributed by atoms with Gasteiger partial charge in [-0.25, -0.2) is 4.98 Å². The van der Waals surface area contributed by atoms with E-state index in [1.807, 2.05) is 24.3 Å². The second-order valence-electron chi connectivity index (χ2n) is 6.68. The zero-order valence-electron chi connectivity index (χ0n) is 16.1. The molecular weight excluding hydrogens is 428 g/mol.